The van der Waals surface area contributed by atoms with Crippen molar-refractivity contribution in [2.75, 3.05) is 23.8 Å². The molecule has 4 rings (SSSR count). The highest BCUT2D eigenvalue weighted by Gasteiger charge is 2.27. The summed E-state index contributed by atoms with van der Waals surface area (Å²) < 4.78 is 34.5. The van der Waals surface area contributed by atoms with E-state index in [9.17, 15) is 18.0 Å². The van der Waals surface area contributed by atoms with Gasteiger partial charge in [-0.15, -0.1) is 0 Å². The molecule has 4 aromatic rings. The first-order valence-corrected chi connectivity index (χ1v) is 12.7. The van der Waals surface area contributed by atoms with Crippen LogP contribution in [0.4, 0.5) is 16.2 Å². The number of ether oxygens (including phenoxy) is 1. The number of benzene rings is 3. The molecule has 0 fully saturated rings. The van der Waals surface area contributed by atoms with Gasteiger partial charge in [-0.2, -0.15) is 8.42 Å². The molecule has 4 N–H and O–H groups in total. The van der Waals surface area contributed by atoms with Gasteiger partial charge in [0.25, 0.3) is 0 Å². The molecule has 0 radical (unpaired) electrons. The predicted molar refractivity (Wildman–Crippen MR) is 141 cm³/mol. The minimum atomic E-state index is -4.30. The van der Waals surface area contributed by atoms with Crippen LogP contribution in [0.15, 0.2) is 79.1 Å². The number of aromatic amines is 1. The predicted octanol–water partition coefficient (Wildman–Crippen LogP) is 2.80. The Morgan fingerprint density at radius 1 is 1.05 bits per heavy atom. The molecule has 192 valence electrons. The fraction of sp³-hybridized carbons (Fsp3) is 0.160. The number of likely N-dealkylation sites (N-methyl/N-ethyl adjacent to an activating group) is 1. The molecule has 1 aromatic heterocycles. The Hall–Kier alpha value is -4.58. The third-order valence-electron chi connectivity index (χ3n) is 5.58. The van der Waals surface area contributed by atoms with Crippen molar-refractivity contribution < 1.29 is 22.7 Å². The van der Waals surface area contributed by atoms with E-state index in [1.807, 2.05) is 35.1 Å². The summed E-state index contributed by atoms with van der Waals surface area (Å²) >= 11 is 0. The molecule has 0 aliphatic rings. The van der Waals surface area contributed by atoms with E-state index in [1.165, 1.54) is 17.3 Å². The third kappa shape index (κ3) is 6.55. The molecular weight excluding hydrogens is 496 g/mol. The van der Waals surface area contributed by atoms with Gasteiger partial charge in [-0.05, 0) is 48.0 Å². The molecule has 3 amide bonds. The largest absolute Gasteiger partial charge is 0.497 e. The van der Waals surface area contributed by atoms with Gasteiger partial charge >= 0.3 is 16.2 Å². The fourth-order valence-corrected chi connectivity index (χ4v) is 4.50. The maximum atomic E-state index is 13.4. The van der Waals surface area contributed by atoms with Gasteiger partial charge in [0.2, 0.25) is 5.91 Å². The lowest BCUT2D eigenvalue weighted by molar-refractivity contribution is -0.120. The molecule has 0 bridgehead atoms. The summed E-state index contributed by atoms with van der Waals surface area (Å²) in [5.74, 6) is 0.201. The van der Waals surface area contributed by atoms with Gasteiger partial charge in [-0.3, -0.25) is 9.52 Å². The highest BCUT2D eigenvalue weighted by molar-refractivity contribution is 7.91. The van der Waals surface area contributed by atoms with E-state index >= 15 is 0 Å². The number of methoxy groups -OCH3 is 1. The Labute approximate surface area is 214 Å². The number of hydrogen-bond donors (Lipinski definition) is 4. The highest BCUT2D eigenvalue weighted by Crippen LogP contribution is 2.20. The molecule has 0 aliphatic carbocycles. The second-order valence-electron chi connectivity index (χ2n) is 8.15. The van der Waals surface area contributed by atoms with Crippen LogP contribution in [0, 0.1) is 0 Å². The molecule has 37 heavy (non-hydrogen) atoms. The second-order valence-corrected chi connectivity index (χ2v) is 9.57. The summed E-state index contributed by atoms with van der Waals surface area (Å²) in [4.78, 5) is 34.4. The lowest BCUT2D eigenvalue weighted by atomic mass is 10.0. The van der Waals surface area contributed by atoms with E-state index in [0.29, 0.717) is 22.5 Å². The zero-order valence-electron chi connectivity index (χ0n) is 20.1. The minimum absolute atomic E-state index is 0.150. The van der Waals surface area contributed by atoms with Crippen LogP contribution in [0.25, 0.3) is 11.0 Å². The number of anilines is 2. The molecule has 1 unspecified atom stereocenters. The van der Waals surface area contributed by atoms with Crippen molar-refractivity contribution in [1.29, 1.82) is 0 Å². The van der Waals surface area contributed by atoms with E-state index < -0.39 is 28.2 Å². The van der Waals surface area contributed by atoms with Crippen molar-refractivity contribution in [2.24, 2.45) is 0 Å². The maximum Gasteiger partial charge on any atom is 0.330 e. The number of imidazole rings is 1. The van der Waals surface area contributed by atoms with Gasteiger partial charge in [0, 0.05) is 19.2 Å². The number of nitrogens with zero attached hydrogens (tertiary/aromatic N) is 2. The van der Waals surface area contributed by atoms with Crippen molar-refractivity contribution in [1.82, 2.24) is 20.0 Å². The van der Waals surface area contributed by atoms with Gasteiger partial charge < -0.3 is 19.9 Å². The second kappa shape index (κ2) is 11.0. The number of carbonyl (C=O) groups excluding carboxylic acids is 2. The number of H-pyrrole nitrogens is 1. The Balaban J connectivity index is 1.48. The van der Waals surface area contributed by atoms with E-state index in [1.54, 1.807) is 50.6 Å². The lowest BCUT2D eigenvalue weighted by Crippen LogP contribution is -2.53. The molecular formula is C25H26N6O5S. The standard InChI is InChI=1S/C25H26N6O5S/c1-31(19-9-11-20(36-2)12-10-19)24(32)23(14-17-6-4-3-5-7-17)28-25(33)30-37(34,35)29-18-8-13-21-22(15-18)27-16-26-21/h3-13,15-16,23,29H,14H2,1-2H3,(H,26,27)(H2,28,30,33). The summed E-state index contributed by atoms with van der Waals surface area (Å²) in [6, 6.07) is 18.5. The van der Waals surface area contributed by atoms with Gasteiger partial charge in [0.05, 0.1) is 30.2 Å². The normalized spacial score (nSPS) is 11.9. The van der Waals surface area contributed by atoms with Crippen LogP contribution in [0.3, 0.4) is 0 Å². The summed E-state index contributed by atoms with van der Waals surface area (Å²) in [5, 5.41) is 2.50. The Bertz CT molecular complexity index is 1490. The third-order valence-corrected chi connectivity index (χ3v) is 6.53. The number of urea groups is 1. The zero-order valence-corrected chi connectivity index (χ0v) is 21.0. The molecule has 12 heteroatoms. The Kier molecular flexibility index (Phi) is 7.58. The number of fused-ring (bicyclic) bond motifs is 1. The summed E-state index contributed by atoms with van der Waals surface area (Å²) in [5.41, 5.74) is 2.89. The molecule has 0 saturated heterocycles. The zero-order chi connectivity index (χ0) is 26.4. The van der Waals surface area contributed by atoms with Crippen LogP contribution >= 0.6 is 0 Å². The first kappa shape index (κ1) is 25.5. The average molecular weight is 523 g/mol. The molecule has 1 heterocycles. The molecule has 0 aliphatic heterocycles. The van der Waals surface area contributed by atoms with Crippen LogP contribution < -0.4 is 24.4 Å². The van der Waals surface area contributed by atoms with Crippen LogP contribution in [0.2, 0.25) is 0 Å². The molecule has 0 saturated carbocycles. The summed E-state index contributed by atoms with van der Waals surface area (Å²) in [6.45, 7) is 0. The van der Waals surface area contributed by atoms with Gasteiger partial charge in [-0.1, -0.05) is 30.3 Å². The molecule has 3 aromatic carbocycles. The SMILES string of the molecule is COc1ccc(N(C)C(=O)C(Cc2ccccc2)NC(=O)NS(=O)(=O)Nc2ccc3nc[nH]c3c2)cc1. The van der Waals surface area contributed by atoms with Crippen molar-refractivity contribution in [3.05, 3.63) is 84.7 Å². The van der Waals surface area contributed by atoms with Crippen LogP contribution in [0.5, 0.6) is 5.75 Å². The van der Waals surface area contributed by atoms with Crippen LogP contribution in [-0.2, 0) is 21.4 Å². The number of nitrogens with one attached hydrogen (secondary N) is 4. The van der Waals surface area contributed by atoms with Gasteiger partial charge in [0.15, 0.2) is 0 Å². The quantitative estimate of drug-likeness (QED) is 0.266. The van der Waals surface area contributed by atoms with Crippen molar-refractivity contribution in [3.63, 3.8) is 0 Å². The Morgan fingerprint density at radius 3 is 2.49 bits per heavy atom. The van der Waals surface area contributed by atoms with Gasteiger partial charge in [0.1, 0.15) is 11.8 Å². The summed E-state index contributed by atoms with van der Waals surface area (Å²) in [7, 11) is -1.18. The smallest absolute Gasteiger partial charge is 0.330 e. The first-order chi connectivity index (χ1) is 17.7. The average Bonchev–Trinajstić information content (AvgIpc) is 3.35. The van der Waals surface area contributed by atoms with Crippen molar-refractivity contribution in [2.45, 2.75) is 12.5 Å². The maximum absolute atomic E-state index is 13.4. The number of rotatable bonds is 9. The topological polar surface area (TPSA) is 146 Å². The lowest BCUT2D eigenvalue weighted by Gasteiger charge is -2.25. The van der Waals surface area contributed by atoms with E-state index in [2.05, 4.69) is 20.0 Å². The van der Waals surface area contributed by atoms with Gasteiger partial charge in [-0.25, -0.2) is 14.5 Å². The van der Waals surface area contributed by atoms with Crippen LogP contribution in [-0.4, -0.2) is 50.5 Å². The highest BCUT2D eigenvalue weighted by atomic mass is 32.2. The summed E-state index contributed by atoms with van der Waals surface area (Å²) in [6.07, 6.45) is 1.64. The molecule has 0 spiro atoms. The first-order valence-electron chi connectivity index (χ1n) is 11.2. The van der Waals surface area contributed by atoms with Crippen molar-refractivity contribution >= 4 is 44.6 Å². The van der Waals surface area contributed by atoms with Crippen molar-refractivity contribution in [3.8, 4) is 5.75 Å². The number of hydrogen-bond acceptors (Lipinski definition) is 6. The number of aromatic nitrogens is 2. The number of carbonyl (C=O) groups is 2. The molecule has 1 atom stereocenters. The van der Waals surface area contributed by atoms with E-state index in [-0.39, 0.29) is 12.1 Å². The van der Waals surface area contributed by atoms with E-state index in [0.717, 1.165) is 5.56 Å². The Morgan fingerprint density at radius 2 is 1.78 bits per heavy atom. The minimum Gasteiger partial charge on any atom is -0.497 e. The fourth-order valence-electron chi connectivity index (χ4n) is 3.71. The molecule has 11 nitrogen and oxygen atoms in total. The number of amides is 3. The van der Waals surface area contributed by atoms with Crippen LogP contribution in [0.1, 0.15) is 5.56 Å². The monoisotopic (exact) mass is 522 g/mol. The van der Waals surface area contributed by atoms with E-state index in [4.69, 9.17) is 4.74 Å².